The second kappa shape index (κ2) is 10.7. The van der Waals surface area contributed by atoms with Crippen LogP contribution in [0.2, 0.25) is 0 Å². The smallest absolute Gasteiger partial charge is 0.234 e. The van der Waals surface area contributed by atoms with Gasteiger partial charge in [-0.15, -0.1) is 0 Å². The molecule has 0 aliphatic carbocycles. The molecule has 0 saturated carbocycles. The van der Waals surface area contributed by atoms with Gasteiger partial charge in [0.25, 0.3) is 0 Å². The summed E-state index contributed by atoms with van der Waals surface area (Å²) in [6, 6.07) is 12.8. The predicted molar refractivity (Wildman–Crippen MR) is 116 cm³/mol. The zero-order valence-electron chi connectivity index (χ0n) is 16.5. The van der Waals surface area contributed by atoms with Gasteiger partial charge in [-0.25, -0.2) is 0 Å². The molecule has 0 fully saturated rings. The Morgan fingerprint density at radius 2 is 1.61 bits per heavy atom. The van der Waals surface area contributed by atoms with E-state index in [-0.39, 0.29) is 17.6 Å². The van der Waals surface area contributed by atoms with Crippen LogP contribution in [0.1, 0.15) is 41.3 Å². The molecule has 0 saturated heterocycles. The van der Waals surface area contributed by atoms with Crippen molar-refractivity contribution < 1.29 is 14.4 Å². The first-order valence-corrected chi connectivity index (χ1v) is 10.4. The zero-order valence-corrected chi connectivity index (χ0v) is 17.3. The normalized spacial score (nSPS) is 10.4. The van der Waals surface area contributed by atoms with Crippen LogP contribution in [-0.4, -0.2) is 29.1 Å². The minimum atomic E-state index is -0.120. The quantitative estimate of drug-likeness (QED) is 0.478. The second-order valence-electron chi connectivity index (χ2n) is 6.66. The van der Waals surface area contributed by atoms with Crippen molar-refractivity contribution >= 4 is 40.7 Å². The lowest BCUT2D eigenvalue weighted by molar-refractivity contribution is -0.116. The maximum Gasteiger partial charge on any atom is 0.234 e. The average molecular weight is 399 g/mol. The zero-order chi connectivity index (χ0) is 20.5. The minimum Gasteiger partial charge on any atom is -0.326 e. The first-order valence-electron chi connectivity index (χ1n) is 9.21. The van der Waals surface area contributed by atoms with Gasteiger partial charge in [-0.05, 0) is 56.2 Å². The van der Waals surface area contributed by atoms with Gasteiger partial charge in [0, 0.05) is 23.4 Å². The number of carbonyl (C=O) groups is 3. The molecule has 2 aromatic carbocycles. The monoisotopic (exact) mass is 398 g/mol. The molecule has 0 aromatic heterocycles. The highest BCUT2D eigenvalue weighted by Gasteiger charge is 2.08. The molecule has 0 radical (unpaired) electrons. The molecule has 0 heterocycles. The average Bonchev–Trinajstić information content (AvgIpc) is 2.64. The van der Waals surface area contributed by atoms with Gasteiger partial charge in [0.15, 0.2) is 5.78 Å². The van der Waals surface area contributed by atoms with Crippen LogP contribution in [0.25, 0.3) is 0 Å². The van der Waals surface area contributed by atoms with Gasteiger partial charge in [-0.1, -0.05) is 30.3 Å². The van der Waals surface area contributed by atoms with Crippen LogP contribution in [0.4, 0.5) is 11.4 Å². The lowest BCUT2D eigenvalue weighted by Gasteiger charge is -2.11. The van der Waals surface area contributed by atoms with Gasteiger partial charge in [0.1, 0.15) is 0 Å². The third-order valence-corrected chi connectivity index (χ3v) is 5.27. The van der Waals surface area contributed by atoms with Gasteiger partial charge in [0.05, 0.1) is 5.75 Å². The molecule has 0 atom stereocenters. The fourth-order valence-corrected chi connectivity index (χ4v) is 3.48. The highest BCUT2D eigenvalue weighted by Crippen LogP contribution is 2.20. The van der Waals surface area contributed by atoms with Gasteiger partial charge in [0.2, 0.25) is 11.8 Å². The number of Topliss-reactive ketones (excluding diaryl/α,β-unsaturated/α-hetero) is 1. The molecule has 0 unspecified atom stereocenters. The molecule has 0 spiro atoms. The number of carbonyl (C=O) groups excluding carboxylic acids is 3. The molecule has 0 bridgehead atoms. The summed E-state index contributed by atoms with van der Waals surface area (Å²) in [6.45, 7) is 5.44. The highest BCUT2D eigenvalue weighted by atomic mass is 32.2. The van der Waals surface area contributed by atoms with Gasteiger partial charge in [-0.3, -0.25) is 14.4 Å². The Morgan fingerprint density at radius 1 is 0.929 bits per heavy atom. The number of hydrogen-bond acceptors (Lipinski definition) is 4. The van der Waals surface area contributed by atoms with Crippen LogP contribution in [0.5, 0.6) is 0 Å². The van der Waals surface area contributed by atoms with Crippen molar-refractivity contribution in [3.63, 3.8) is 0 Å². The molecule has 0 aliphatic rings. The molecule has 148 valence electrons. The Balaban J connectivity index is 1.67. The fraction of sp³-hybridized carbons (Fsp3) is 0.318. The largest absolute Gasteiger partial charge is 0.326 e. The summed E-state index contributed by atoms with van der Waals surface area (Å²) >= 11 is 1.49. The maximum atomic E-state index is 12.1. The molecule has 0 aliphatic heterocycles. The Morgan fingerprint density at radius 3 is 2.29 bits per heavy atom. The van der Waals surface area contributed by atoms with Gasteiger partial charge >= 0.3 is 0 Å². The van der Waals surface area contributed by atoms with Crippen molar-refractivity contribution in [1.82, 2.24) is 0 Å². The summed E-state index contributed by atoms with van der Waals surface area (Å²) in [6.07, 6.45) is 1.12. The van der Waals surface area contributed by atoms with E-state index in [0.717, 1.165) is 22.6 Å². The van der Waals surface area contributed by atoms with Crippen LogP contribution in [0.15, 0.2) is 42.5 Å². The maximum absolute atomic E-state index is 12.1. The summed E-state index contributed by atoms with van der Waals surface area (Å²) in [5, 5.41) is 5.76. The number of anilines is 2. The summed E-state index contributed by atoms with van der Waals surface area (Å²) < 4.78 is 0. The number of hydrogen-bond donors (Lipinski definition) is 2. The Kier molecular flexibility index (Phi) is 8.26. The van der Waals surface area contributed by atoms with E-state index in [2.05, 4.69) is 10.6 Å². The third kappa shape index (κ3) is 6.85. The fourth-order valence-electron chi connectivity index (χ4n) is 2.73. The van der Waals surface area contributed by atoms with Crippen LogP contribution in [0, 0.1) is 13.8 Å². The Hall–Kier alpha value is -2.60. The molecule has 28 heavy (non-hydrogen) atoms. The van der Waals surface area contributed by atoms with E-state index in [1.165, 1.54) is 18.7 Å². The van der Waals surface area contributed by atoms with Crippen molar-refractivity contribution in [3.05, 3.63) is 59.2 Å². The van der Waals surface area contributed by atoms with E-state index >= 15 is 0 Å². The van der Waals surface area contributed by atoms with Crippen molar-refractivity contribution in [2.45, 2.75) is 33.6 Å². The van der Waals surface area contributed by atoms with E-state index in [4.69, 9.17) is 0 Å². The summed E-state index contributed by atoms with van der Waals surface area (Å²) in [4.78, 5) is 35.5. The number of nitrogens with one attached hydrogen (secondary N) is 2. The standard InChI is InChI=1S/C22H26N2O3S/c1-15-7-4-8-16(2)22(15)24-20(26)11-6-12-28-14-21(27)23-19-10-5-9-18(13-19)17(3)25/h4-5,7-10,13H,6,11-12,14H2,1-3H3,(H,23,27)(H,24,26). The number of aryl methyl sites for hydroxylation is 2. The Labute approximate surface area is 170 Å². The lowest BCUT2D eigenvalue weighted by Crippen LogP contribution is -2.15. The van der Waals surface area contributed by atoms with Crippen LogP contribution in [-0.2, 0) is 9.59 Å². The second-order valence-corrected chi connectivity index (χ2v) is 7.76. The first kappa shape index (κ1) is 21.7. The highest BCUT2D eigenvalue weighted by molar-refractivity contribution is 7.99. The Bertz CT molecular complexity index is 844. The third-order valence-electron chi connectivity index (χ3n) is 4.22. The molecular weight excluding hydrogens is 372 g/mol. The summed E-state index contributed by atoms with van der Waals surface area (Å²) in [5.41, 5.74) is 4.17. The number of benzene rings is 2. The van der Waals surface area contributed by atoms with E-state index in [0.29, 0.717) is 29.8 Å². The first-order chi connectivity index (χ1) is 13.4. The molecule has 2 N–H and O–H groups in total. The van der Waals surface area contributed by atoms with E-state index in [9.17, 15) is 14.4 Å². The van der Waals surface area contributed by atoms with Crippen molar-refractivity contribution in [3.8, 4) is 0 Å². The van der Waals surface area contributed by atoms with Crippen molar-refractivity contribution in [2.24, 2.45) is 0 Å². The van der Waals surface area contributed by atoms with Gasteiger partial charge in [-0.2, -0.15) is 11.8 Å². The van der Waals surface area contributed by atoms with E-state index in [1.807, 2.05) is 32.0 Å². The predicted octanol–water partition coefficient (Wildman–Crippen LogP) is 4.60. The van der Waals surface area contributed by atoms with Crippen molar-refractivity contribution in [2.75, 3.05) is 22.1 Å². The minimum absolute atomic E-state index is 0.0106. The molecule has 2 aromatic rings. The number of rotatable bonds is 9. The molecule has 6 heteroatoms. The summed E-state index contributed by atoms with van der Waals surface area (Å²) in [5.74, 6) is 0.864. The van der Waals surface area contributed by atoms with Gasteiger partial charge < -0.3 is 10.6 Å². The van der Waals surface area contributed by atoms with Crippen LogP contribution >= 0.6 is 11.8 Å². The molecular formula is C22H26N2O3S. The topological polar surface area (TPSA) is 75.3 Å². The molecule has 2 amide bonds. The van der Waals surface area contributed by atoms with E-state index in [1.54, 1.807) is 24.3 Å². The number of amides is 2. The number of thioether (sulfide) groups is 1. The molecule has 5 nitrogen and oxygen atoms in total. The summed E-state index contributed by atoms with van der Waals surface area (Å²) in [7, 11) is 0. The lowest BCUT2D eigenvalue weighted by atomic mass is 10.1. The SMILES string of the molecule is CC(=O)c1cccc(NC(=O)CSCCCC(=O)Nc2c(C)cccc2C)c1. The molecule has 2 rings (SSSR count). The van der Waals surface area contributed by atoms with Crippen LogP contribution in [0.3, 0.4) is 0 Å². The van der Waals surface area contributed by atoms with Crippen molar-refractivity contribution in [1.29, 1.82) is 0 Å². The van der Waals surface area contributed by atoms with Crippen LogP contribution < -0.4 is 10.6 Å². The van der Waals surface area contributed by atoms with E-state index < -0.39 is 0 Å². The number of ketones is 1. The number of para-hydroxylation sites is 1.